The Bertz CT molecular complexity index is 539. The van der Waals surface area contributed by atoms with Crippen molar-refractivity contribution < 1.29 is 0 Å². The minimum absolute atomic E-state index is 0.783. The van der Waals surface area contributed by atoms with Gasteiger partial charge in [-0.3, -0.25) is 4.90 Å². The lowest BCUT2D eigenvalue weighted by Crippen LogP contribution is -2.18. The van der Waals surface area contributed by atoms with Gasteiger partial charge in [0.15, 0.2) is 0 Å². The van der Waals surface area contributed by atoms with Gasteiger partial charge in [0.25, 0.3) is 0 Å². The Morgan fingerprint density at radius 3 is 2.71 bits per heavy atom. The summed E-state index contributed by atoms with van der Waals surface area (Å²) in [5.74, 6) is 0. The summed E-state index contributed by atoms with van der Waals surface area (Å²) in [4.78, 5) is 6.94. The molecule has 1 aromatic carbocycles. The molecule has 0 unspecified atom stereocenters. The third-order valence-corrected chi connectivity index (χ3v) is 4.25. The molecule has 0 saturated carbocycles. The lowest BCUT2D eigenvalue weighted by atomic mass is 10.2. The first-order valence-corrected chi connectivity index (χ1v) is 8.50. The summed E-state index contributed by atoms with van der Waals surface area (Å²) in [6.45, 7) is 5.86. The average Bonchev–Trinajstić information content (AvgIpc) is 2.89. The molecule has 1 N–H and O–H groups in total. The Kier molecular flexibility index (Phi) is 6.64. The van der Waals surface area contributed by atoms with E-state index in [2.05, 4.69) is 46.7 Å². The summed E-state index contributed by atoms with van der Waals surface area (Å²) in [6.07, 6.45) is 1.15. The first-order chi connectivity index (χ1) is 10.2. The lowest BCUT2D eigenvalue weighted by Gasteiger charge is -2.15. The van der Waals surface area contributed by atoms with Crippen LogP contribution in [0.4, 0.5) is 0 Å². The summed E-state index contributed by atoms with van der Waals surface area (Å²) in [5, 5.41) is 7.49. The molecule has 1 aromatic heterocycles. The third-order valence-electron chi connectivity index (χ3n) is 3.10. The molecule has 0 amide bonds. The number of nitrogens with one attached hydrogen (secondary N) is 1. The van der Waals surface area contributed by atoms with Crippen molar-refractivity contribution in [2.75, 3.05) is 13.6 Å². The van der Waals surface area contributed by atoms with E-state index < -0.39 is 0 Å². The van der Waals surface area contributed by atoms with Crippen molar-refractivity contribution in [3.63, 3.8) is 0 Å². The highest BCUT2D eigenvalue weighted by atomic mass is 35.5. The van der Waals surface area contributed by atoms with Crippen LogP contribution in [0.1, 0.15) is 29.6 Å². The summed E-state index contributed by atoms with van der Waals surface area (Å²) in [7, 11) is 2.11. The molecule has 2 rings (SSSR count). The Balaban J connectivity index is 1.82. The van der Waals surface area contributed by atoms with E-state index in [0.29, 0.717) is 0 Å². The van der Waals surface area contributed by atoms with Crippen LogP contribution in [0.2, 0.25) is 5.02 Å². The van der Waals surface area contributed by atoms with Crippen LogP contribution in [0.3, 0.4) is 0 Å². The van der Waals surface area contributed by atoms with Crippen LogP contribution in [-0.4, -0.2) is 23.5 Å². The van der Waals surface area contributed by atoms with Gasteiger partial charge in [0, 0.05) is 30.0 Å². The Morgan fingerprint density at radius 1 is 1.24 bits per heavy atom. The van der Waals surface area contributed by atoms with E-state index in [9.17, 15) is 0 Å². The van der Waals surface area contributed by atoms with E-state index >= 15 is 0 Å². The number of rotatable bonds is 8. The molecule has 0 aliphatic heterocycles. The van der Waals surface area contributed by atoms with Crippen LogP contribution in [0.25, 0.3) is 0 Å². The number of benzene rings is 1. The van der Waals surface area contributed by atoms with E-state index in [-0.39, 0.29) is 0 Å². The Labute approximate surface area is 136 Å². The molecule has 0 aliphatic rings. The normalized spacial score (nSPS) is 11.2. The average molecular weight is 324 g/mol. The first-order valence-electron chi connectivity index (χ1n) is 7.24. The predicted molar refractivity (Wildman–Crippen MR) is 90.7 cm³/mol. The van der Waals surface area contributed by atoms with Crippen molar-refractivity contribution >= 4 is 22.9 Å². The molecule has 5 heteroatoms. The maximum atomic E-state index is 5.90. The van der Waals surface area contributed by atoms with Crippen molar-refractivity contribution in [3.05, 3.63) is 50.9 Å². The van der Waals surface area contributed by atoms with Crippen LogP contribution >= 0.6 is 22.9 Å². The fraction of sp³-hybridized carbons (Fsp3) is 0.438. The van der Waals surface area contributed by atoms with Gasteiger partial charge in [-0.05, 0) is 37.7 Å². The van der Waals surface area contributed by atoms with Crippen molar-refractivity contribution in [1.82, 2.24) is 15.2 Å². The number of hydrogen-bond donors (Lipinski definition) is 1. The van der Waals surface area contributed by atoms with E-state index in [1.807, 2.05) is 12.1 Å². The van der Waals surface area contributed by atoms with E-state index in [4.69, 9.17) is 11.6 Å². The molecule has 0 spiro atoms. The van der Waals surface area contributed by atoms with Gasteiger partial charge in [-0.1, -0.05) is 30.7 Å². The summed E-state index contributed by atoms with van der Waals surface area (Å²) < 4.78 is 0. The minimum Gasteiger partial charge on any atom is -0.310 e. The molecule has 1 heterocycles. The molecule has 0 aliphatic carbocycles. The van der Waals surface area contributed by atoms with Gasteiger partial charge >= 0.3 is 0 Å². The van der Waals surface area contributed by atoms with Crippen LogP contribution in [-0.2, 0) is 19.6 Å². The highest BCUT2D eigenvalue weighted by molar-refractivity contribution is 7.09. The van der Waals surface area contributed by atoms with E-state index in [1.165, 1.54) is 10.6 Å². The highest BCUT2D eigenvalue weighted by Gasteiger charge is 2.06. The van der Waals surface area contributed by atoms with Gasteiger partial charge in [-0.2, -0.15) is 0 Å². The molecule has 3 nitrogen and oxygen atoms in total. The lowest BCUT2D eigenvalue weighted by molar-refractivity contribution is 0.315. The number of aromatic nitrogens is 1. The van der Waals surface area contributed by atoms with Gasteiger partial charge in [0.2, 0.25) is 0 Å². The zero-order valence-corrected chi connectivity index (χ0v) is 14.2. The molecule has 0 fully saturated rings. The predicted octanol–water partition coefficient (Wildman–Crippen LogP) is 3.93. The summed E-state index contributed by atoms with van der Waals surface area (Å²) in [6, 6.07) is 8.01. The standard InChI is InChI=1S/C16H22ClN3S/c1-3-8-18-9-16-19-15(12-21-16)11-20(2)10-13-4-6-14(17)7-5-13/h4-7,12,18H,3,8-11H2,1-2H3. The van der Waals surface area contributed by atoms with Crippen LogP contribution in [0.5, 0.6) is 0 Å². The SMILES string of the molecule is CCCNCc1nc(CN(C)Cc2ccc(Cl)cc2)cs1. The summed E-state index contributed by atoms with van der Waals surface area (Å²) in [5.41, 5.74) is 2.41. The summed E-state index contributed by atoms with van der Waals surface area (Å²) >= 11 is 7.64. The largest absolute Gasteiger partial charge is 0.310 e. The zero-order valence-electron chi connectivity index (χ0n) is 12.6. The van der Waals surface area contributed by atoms with Crippen molar-refractivity contribution in [2.24, 2.45) is 0 Å². The third kappa shape index (κ3) is 5.75. The van der Waals surface area contributed by atoms with Gasteiger partial charge in [0.05, 0.1) is 5.69 Å². The second-order valence-electron chi connectivity index (χ2n) is 5.21. The Hall–Kier alpha value is -0.940. The number of nitrogens with zero attached hydrogens (tertiary/aromatic N) is 2. The minimum atomic E-state index is 0.783. The van der Waals surface area contributed by atoms with Gasteiger partial charge in [-0.25, -0.2) is 4.98 Å². The quantitative estimate of drug-likeness (QED) is 0.746. The van der Waals surface area contributed by atoms with Crippen molar-refractivity contribution in [1.29, 1.82) is 0 Å². The second kappa shape index (κ2) is 8.49. The maximum Gasteiger partial charge on any atom is 0.107 e. The van der Waals surface area contributed by atoms with Gasteiger partial charge in [-0.15, -0.1) is 11.3 Å². The molecule has 0 bridgehead atoms. The topological polar surface area (TPSA) is 28.2 Å². The highest BCUT2D eigenvalue weighted by Crippen LogP contribution is 2.14. The molecule has 0 saturated heterocycles. The number of thiazole rings is 1. The zero-order chi connectivity index (χ0) is 15.1. The smallest absolute Gasteiger partial charge is 0.107 e. The van der Waals surface area contributed by atoms with Crippen molar-refractivity contribution in [3.8, 4) is 0 Å². The molecule has 0 radical (unpaired) electrons. The monoisotopic (exact) mass is 323 g/mol. The van der Waals surface area contributed by atoms with Crippen LogP contribution < -0.4 is 5.32 Å². The fourth-order valence-corrected chi connectivity index (χ4v) is 2.99. The second-order valence-corrected chi connectivity index (χ2v) is 6.59. The van der Waals surface area contributed by atoms with E-state index in [1.54, 1.807) is 11.3 Å². The molecular formula is C16H22ClN3S. The molecule has 2 aromatic rings. The number of hydrogen-bond acceptors (Lipinski definition) is 4. The first kappa shape index (κ1) is 16.4. The van der Waals surface area contributed by atoms with Crippen LogP contribution in [0.15, 0.2) is 29.6 Å². The number of halogens is 1. The van der Waals surface area contributed by atoms with Crippen molar-refractivity contribution in [2.45, 2.75) is 33.0 Å². The fourth-order valence-electron chi connectivity index (χ4n) is 2.11. The van der Waals surface area contributed by atoms with Crippen LogP contribution in [0, 0.1) is 0 Å². The molecule has 0 atom stereocenters. The maximum absolute atomic E-state index is 5.90. The van der Waals surface area contributed by atoms with E-state index in [0.717, 1.165) is 43.3 Å². The van der Waals surface area contributed by atoms with Gasteiger partial charge < -0.3 is 5.32 Å². The van der Waals surface area contributed by atoms with Gasteiger partial charge in [0.1, 0.15) is 5.01 Å². The molecular weight excluding hydrogens is 302 g/mol. The molecule has 21 heavy (non-hydrogen) atoms. The Morgan fingerprint density at radius 2 is 2.00 bits per heavy atom. The molecule has 114 valence electrons.